The van der Waals surface area contributed by atoms with Crippen molar-refractivity contribution >= 4 is 34.9 Å². The maximum absolute atomic E-state index is 13.4. The number of nitrogens with one attached hydrogen (secondary N) is 1. The minimum absolute atomic E-state index is 0.104. The topological polar surface area (TPSA) is 29.9 Å². The minimum atomic E-state index is -0.444. The molecule has 2 aromatic rings. The van der Waals surface area contributed by atoms with E-state index in [4.69, 9.17) is 28.6 Å². The molecule has 1 aromatic heterocycles. The first-order valence-corrected chi connectivity index (χ1v) is 6.48. The van der Waals surface area contributed by atoms with Gasteiger partial charge in [0.1, 0.15) is 5.82 Å². The fourth-order valence-electron chi connectivity index (χ4n) is 2.47. The second kappa shape index (κ2) is 4.05. The molecule has 1 saturated heterocycles. The van der Waals surface area contributed by atoms with Gasteiger partial charge in [0.2, 0.25) is 0 Å². The van der Waals surface area contributed by atoms with Crippen molar-refractivity contribution in [3.05, 3.63) is 27.7 Å². The minimum Gasteiger partial charge on any atom is -0.379 e. The van der Waals surface area contributed by atoms with E-state index in [2.05, 4.69) is 11.9 Å². The van der Waals surface area contributed by atoms with Crippen LogP contribution in [0.4, 0.5) is 4.39 Å². The third-order valence-electron chi connectivity index (χ3n) is 3.46. The van der Waals surface area contributed by atoms with Crippen LogP contribution in [0.25, 0.3) is 11.0 Å². The van der Waals surface area contributed by atoms with Crippen LogP contribution in [0.1, 0.15) is 13.3 Å². The number of aromatic nitrogens is 2. The Morgan fingerprint density at radius 3 is 3.00 bits per heavy atom. The highest BCUT2D eigenvalue weighted by Gasteiger charge is 2.33. The van der Waals surface area contributed by atoms with Crippen molar-refractivity contribution in [2.75, 3.05) is 13.2 Å². The van der Waals surface area contributed by atoms with Crippen molar-refractivity contribution in [1.29, 1.82) is 0 Å². The third kappa shape index (κ3) is 1.69. The molecule has 1 N–H and O–H groups in total. The van der Waals surface area contributed by atoms with Gasteiger partial charge in [-0.1, -0.05) is 11.6 Å². The van der Waals surface area contributed by atoms with E-state index in [1.165, 1.54) is 6.07 Å². The van der Waals surface area contributed by atoms with E-state index in [0.29, 0.717) is 23.5 Å². The molecule has 3 nitrogen and oxygen atoms in total. The monoisotopic (exact) mass is 286 g/mol. The summed E-state index contributed by atoms with van der Waals surface area (Å²) in [6.45, 7) is 3.39. The van der Waals surface area contributed by atoms with Gasteiger partial charge in [-0.25, -0.2) is 4.39 Å². The number of imidazole rings is 1. The Balaban J connectivity index is 2.32. The van der Waals surface area contributed by atoms with E-state index in [1.54, 1.807) is 6.07 Å². The largest absolute Gasteiger partial charge is 0.379 e. The molecule has 1 fully saturated rings. The zero-order valence-corrected chi connectivity index (χ0v) is 11.4. The summed E-state index contributed by atoms with van der Waals surface area (Å²) in [6.07, 6.45) is 0.878. The highest BCUT2D eigenvalue weighted by Crippen LogP contribution is 2.32. The Labute approximate surface area is 114 Å². The number of halogens is 2. The van der Waals surface area contributed by atoms with E-state index in [0.717, 1.165) is 11.9 Å². The van der Waals surface area contributed by atoms with E-state index in [1.807, 2.05) is 4.57 Å². The molecule has 1 aliphatic heterocycles. The fraction of sp³-hybridized carbons (Fsp3) is 0.417. The van der Waals surface area contributed by atoms with Crippen LogP contribution in [0.2, 0.25) is 5.02 Å². The normalized spacial score (nSPS) is 23.9. The summed E-state index contributed by atoms with van der Waals surface area (Å²) in [5.74, 6) is -0.444. The van der Waals surface area contributed by atoms with E-state index in [9.17, 15) is 4.39 Å². The predicted molar refractivity (Wildman–Crippen MR) is 71.2 cm³/mol. The number of fused-ring (bicyclic) bond motifs is 1. The molecule has 1 aliphatic rings. The number of aromatic amines is 1. The molecule has 0 amide bonds. The predicted octanol–water partition coefficient (Wildman–Crippen LogP) is 3.63. The first-order valence-electron chi connectivity index (χ1n) is 5.69. The maximum Gasteiger partial charge on any atom is 0.178 e. The summed E-state index contributed by atoms with van der Waals surface area (Å²) < 4.78 is 21.4. The van der Waals surface area contributed by atoms with Gasteiger partial charge in [-0.2, -0.15) is 0 Å². The van der Waals surface area contributed by atoms with Gasteiger partial charge in [0.15, 0.2) is 4.77 Å². The molecule has 1 atom stereocenters. The molecule has 0 bridgehead atoms. The summed E-state index contributed by atoms with van der Waals surface area (Å²) in [5, 5.41) is 0.104. The van der Waals surface area contributed by atoms with E-state index in [-0.39, 0.29) is 10.6 Å². The highest BCUT2D eigenvalue weighted by atomic mass is 35.5. The van der Waals surface area contributed by atoms with Crippen LogP contribution in [0.5, 0.6) is 0 Å². The molecule has 0 aliphatic carbocycles. The van der Waals surface area contributed by atoms with Crippen molar-refractivity contribution in [2.45, 2.75) is 18.9 Å². The van der Waals surface area contributed by atoms with E-state index >= 15 is 0 Å². The molecule has 2 heterocycles. The third-order valence-corrected chi connectivity index (χ3v) is 4.04. The van der Waals surface area contributed by atoms with Crippen LogP contribution in [0, 0.1) is 10.6 Å². The van der Waals surface area contributed by atoms with Gasteiger partial charge in [-0.15, -0.1) is 0 Å². The summed E-state index contributed by atoms with van der Waals surface area (Å²) in [6, 6.07) is 2.99. The molecular weight excluding hydrogens is 275 g/mol. The summed E-state index contributed by atoms with van der Waals surface area (Å²) in [5.41, 5.74) is 1.28. The average molecular weight is 287 g/mol. The maximum atomic E-state index is 13.4. The van der Waals surface area contributed by atoms with Gasteiger partial charge in [0.25, 0.3) is 0 Å². The lowest BCUT2D eigenvalue weighted by Crippen LogP contribution is -2.30. The molecule has 3 rings (SSSR count). The molecular formula is C12H12ClFN2OS. The molecule has 1 unspecified atom stereocenters. The zero-order valence-electron chi connectivity index (χ0n) is 9.80. The first kappa shape index (κ1) is 12.1. The van der Waals surface area contributed by atoms with E-state index < -0.39 is 5.82 Å². The number of benzene rings is 1. The number of hydrogen-bond donors (Lipinski definition) is 1. The highest BCUT2D eigenvalue weighted by molar-refractivity contribution is 7.71. The van der Waals surface area contributed by atoms with Crippen LogP contribution >= 0.6 is 23.8 Å². The lowest BCUT2D eigenvalue weighted by Gasteiger charge is -2.24. The standard InChI is InChI=1S/C12H12ClFN2OS/c1-12(2-3-17-6-12)16-10-4-7(13)8(14)5-9(10)15-11(16)18/h4-5H,2-3,6H2,1H3,(H,15,18). The van der Waals surface area contributed by atoms with Crippen molar-refractivity contribution in [3.63, 3.8) is 0 Å². The summed E-state index contributed by atoms with van der Waals surface area (Å²) in [7, 11) is 0. The van der Waals surface area contributed by atoms with Crippen molar-refractivity contribution in [1.82, 2.24) is 9.55 Å². The van der Waals surface area contributed by atoms with Crippen molar-refractivity contribution < 1.29 is 9.13 Å². The lowest BCUT2D eigenvalue weighted by atomic mass is 10.0. The lowest BCUT2D eigenvalue weighted by molar-refractivity contribution is 0.162. The number of nitrogens with zero attached hydrogens (tertiary/aromatic N) is 1. The molecule has 1 aromatic carbocycles. The number of hydrogen-bond acceptors (Lipinski definition) is 2. The second-order valence-corrected chi connectivity index (χ2v) is 5.64. The number of ether oxygens (including phenoxy) is 1. The quantitative estimate of drug-likeness (QED) is 0.812. The summed E-state index contributed by atoms with van der Waals surface area (Å²) >= 11 is 11.2. The Bertz CT molecular complexity index is 673. The van der Waals surface area contributed by atoms with Gasteiger partial charge in [0, 0.05) is 12.7 Å². The number of H-pyrrole nitrogens is 1. The molecule has 96 valence electrons. The van der Waals surface area contributed by atoms with Gasteiger partial charge in [0.05, 0.1) is 28.2 Å². The van der Waals surface area contributed by atoms with Crippen LogP contribution in [0.3, 0.4) is 0 Å². The van der Waals surface area contributed by atoms with Crippen LogP contribution < -0.4 is 0 Å². The second-order valence-electron chi connectivity index (χ2n) is 4.85. The fourth-order valence-corrected chi connectivity index (χ4v) is 3.06. The van der Waals surface area contributed by atoms with Crippen molar-refractivity contribution in [2.24, 2.45) is 0 Å². The number of rotatable bonds is 1. The smallest absolute Gasteiger partial charge is 0.178 e. The molecule has 18 heavy (non-hydrogen) atoms. The van der Waals surface area contributed by atoms with Crippen LogP contribution in [-0.2, 0) is 10.3 Å². The van der Waals surface area contributed by atoms with Gasteiger partial charge in [-0.3, -0.25) is 0 Å². The molecule has 0 saturated carbocycles. The summed E-state index contributed by atoms with van der Waals surface area (Å²) in [4.78, 5) is 3.02. The first-order chi connectivity index (χ1) is 8.51. The SMILES string of the molecule is CC1(n2c(=S)[nH]c3cc(F)c(Cl)cc32)CCOC1. The Morgan fingerprint density at radius 1 is 1.56 bits per heavy atom. The Morgan fingerprint density at radius 2 is 2.33 bits per heavy atom. The molecule has 0 spiro atoms. The van der Waals surface area contributed by atoms with Crippen LogP contribution in [0.15, 0.2) is 12.1 Å². The Kier molecular flexibility index (Phi) is 2.73. The van der Waals surface area contributed by atoms with Gasteiger partial charge < -0.3 is 14.3 Å². The van der Waals surface area contributed by atoms with Crippen LogP contribution in [-0.4, -0.2) is 22.8 Å². The zero-order chi connectivity index (χ0) is 12.9. The van der Waals surface area contributed by atoms with Gasteiger partial charge >= 0.3 is 0 Å². The average Bonchev–Trinajstić information content (AvgIpc) is 2.84. The molecule has 0 radical (unpaired) electrons. The van der Waals surface area contributed by atoms with Crippen molar-refractivity contribution in [3.8, 4) is 0 Å². The Hall–Kier alpha value is -0.910. The molecule has 6 heteroatoms. The van der Waals surface area contributed by atoms with Gasteiger partial charge in [-0.05, 0) is 31.6 Å².